The molecule has 4 heteroatoms. The normalized spacial score (nSPS) is 12.2. The van der Waals surface area contributed by atoms with Crippen molar-refractivity contribution in [3.63, 3.8) is 0 Å². The quantitative estimate of drug-likeness (QED) is 0.221. The van der Waals surface area contributed by atoms with Gasteiger partial charge in [0.15, 0.2) is 0 Å². The van der Waals surface area contributed by atoms with Gasteiger partial charge in [-0.1, -0.05) is 36.4 Å². The van der Waals surface area contributed by atoms with Gasteiger partial charge in [-0.3, -0.25) is 0 Å². The van der Waals surface area contributed by atoms with Crippen LogP contribution in [0, 0.1) is 13.8 Å². The van der Waals surface area contributed by atoms with E-state index in [9.17, 15) is 0 Å². The highest BCUT2D eigenvalue weighted by molar-refractivity contribution is 7.14. The molecule has 0 saturated carbocycles. The van der Waals surface area contributed by atoms with Gasteiger partial charge in [-0.25, -0.2) is 0 Å². The molecule has 0 aliphatic carbocycles. The second kappa shape index (κ2) is 7.33. The predicted molar refractivity (Wildman–Crippen MR) is 155 cm³/mol. The minimum absolute atomic E-state index is 0.936. The summed E-state index contributed by atoms with van der Waals surface area (Å²) in [7, 11) is 0. The molecule has 4 aromatic carbocycles. The Hall–Kier alpha value is -3.86. The summed E-state index contributed by atoms with van der Waals surface area (Å²) in [5.41, 5.74) is 4.43. The molecule has 2 nitrogen and oxygen atoms in total. The van der Waals surface area contributed by atoms with Gasteiger partial charge < -0.3 is 8.83 Å². The molecular formula is C32H20O2S2. The van der Waals surface area contributed by atoms with Gasteiger partial charge in [-0.2, -0.15) is 0 Å². The fourth-order valence-corrected chi connectivity index (χ4v) is 7.10. The first-order chi connectivity index (χ1) is 17.6. The van der Waals surface area contributed by atoms with E-state index in [1.54, 1.807) is 22.7 Å². The fourth-order valence-electron chi connectivity index (χ4n) is 5.40. The molecule has 0 bridgehead atoms. The third-order valence-electron chi connectivity index (χ3n) is 7.10. The smallest absolute Gasteiger partial charge is 0.145 e. The molecule has 0 fully saturated rings. The summed E-state index contributed by atoms with van der Waals surface area (Å²) in [4.78, 5) is 2.34. The van der Waals surface area contributed by atoms with E-state index in [0.29, 0.717) is 0 Å². The molecule has 8 rings (SSSR count). The average molecular weight is 501 g/mol. The molecule has 4 heterocycles. The first kappa shape index (κ1) is 20.3. The van der Waals surface area contributed by atoms with Gasteiger partial charge in [0.1, 0.15) is 22.7 Å². The van der Waals surface area contributed by atoms with Crippen LogP contribution in [0.15, 0.2) is 92.4 Å². The lowest BCUT2D eigenvalue weighted by Crippen LogP contribution is -1.82. The molecule has 172 valence electrons. The Morgan fingerprint density at radius 2 is 0.861 bits per heavy atom. The highest BCUT2D eigenvalue weighted by Crippen LogP contribution is 2.41. The van der Waals surface area contributed by atoms with Crippen molar-refractivity contribution in [1.82, 2.24) is 0 Å². The molecule has 8 aromatic rings. The van der Waals surface area contributed by atoms with Gasteiger partial charge in [0.05, 0.1) is 9.75 Å². The molecule has 0 aliphatic rings. The highest BCUT2D eigenvalue weighted by atomic mass is 32.1. The molecular weight excluding hydrogens is 480 g/mol. The zero-order valence-electron chi connectivity index (χ0n) is 19.7. The molecule has 0 aliphatic heterocycles. The second-order valence-electron chi connectivity index (χ2n) is 9.58. The summed E-state index contributed by atoms with van der Waals surface area (Å²) in [5.74, 6) is 1.87. The van der Waals surface area contributed by atoms with Crippen LogP contribution in [0.5, 0.6) is 0 Å². The molecule has 0 atom stereocenters. The van der Waals surface area contributed by atoms with Gasteiger partial charge in [-0.15, -0.1) is 22.7 Å². The number of fused-ring (bicyclic) bond motifs is 9. The molecule has 0 spiro atoms. The molecule has 36 heavy (non-hydrogen) atoms. The Kier molecular flexibility index (Phi) is 4.14. The number of hydrogen-bond donors (Lipinski definition) is 0. The van der Waals surface area contributed by atoms with Crippen LogP contribution in [0.3, 0.4) is 0 Å². The van der Waals surface area contributed by atoms with Crippen molar-refractivity contribution in [3.05, 3.63) is 94.7 Å². The minimum Gasteiger partial charge on any atom is -0.455 e. The zero-order valence-corrected chi connectivity index (χ0v) is 21.3. The number of furan rings is 2. The van der Waals surface area contributed by atoms with Crippen LogP contribution < -0.4 is 0 Å². The van der Waals surface area contributed by atoms with E-state index in [-0.39, 0.29) is 0 Å². The first-order valence-corrected chi connectivity index (χ1v) is 13.7. The van der Waals surface area contributed by atoms with Crippen molar-refractivity contribution < 1.29 is 8.83 Å². The first-order valence-electron chi connectivity index (χ1n) is 12.0. The van der Waals surface area contributed by atoms with Crippen LogP contribution in [-0.2, 0) is 0 Å². The van der Waals surface area contributed by atoms with E-state index in [0.717, 1.165) is 44.2 Å². The van der Waals surface area contributed by atoms with Gasteiger partial charge in [0.25, 0.3) is 0 Å². The maximum absolute atomic E-state index is 6.42. The van der Waals surface area contributed by atoms with E-state index < -0.39 is 0 Å². The summed E-state index contributed by atoms with van der Waals surface area (Å²) < 4.78 is 12.8. The number of benzene rings is 4. The Morgan fingerprint density at radius 1 is 0.472 bits per heavy atom. The summed E-state index contributed by atoms with van der Waals surface area (Å²) >= 11 is 3.45. The molecule has 0 radical (unpaired) electrons. The average Bonchev–Trinajstić information content (AvgIpc) is 3.68. The number of rotatable bonds is 2. The van der Waals surface area contributed by atoms with Crippen molar-refractivity contribution in [3.8, 4) is 21.3 Å². The molecule has 4 aromatic heterocycles. The third kappa shape index (κ3) is 2.89. The van der Waals surface area contributed by atoms with Crippen molar-refractivity contribution in [2.75, 3.05) is 0 Å². The Labute approximate surface area is 215 Å². The van der Waals surface area contributed by atoms with Crippen molar-refractivity contribution in [1.29, 1.82) is 0 Å². The molecule has 0 saturated heterocycles. The van der Waals surface area contributed by atoms with Gasteiger partial charge in [0, 0.05) is 21.5 Å². The standard InChI is InChI=1S/C32H20O2S2/c1-17-11-29(35-15-17)27-13-19-3-5-23-21-8-10-26-24(22(21)7-9-25(23)31(19)33-27)6-4-20-14-28(34-32(20)26)30-12-18(2)16-36-30/h3-16H,1-2H3. The monoisotopic (exact) mass is 500 g/mol. The Morgan fingerprint density at radius 3 is 1.28 bits per heavy atom. The molecule has 0 amide bonds. The summed E-state index contributed by atoms with van der Waals surface area (Å²) in [5, 5.41) is 13.8. The molecule has 0 unspecified atom stereocenters. The fraction of sp³-hybridized carbons (Fsp3) is 0.0625. The van der Waals surface area contributed by atoms with Crippen LogP contribution in [0.2, 0.25) is 0 Å². The maximum Gasteiger partial charge on any atom is 0.145 e. The van der Waals surface area contributed by atoms with Crippen LogP contribution in [0.25, 0.3) is 75.5 Å². The largest absolute Gasteiger partial charge is 0.455 e. The Bertz CT molecular complexity index is 1980. The third-order valence-corrected chi connectivity index (χ3v) is 9.23. The van der Waals surface area contributed by atoms with Crippen LogP contribution in [-0.4, -0.2) is 0 Å². The van der Waals surface area contributed by atoms with Gasteiger partial charge in [0.2, 0.25) is 0 Å². The predicted octanol–water partition coefficient (Wildman–Crippen LogP) is 10.7. The van der Waals surface area contributed by atoms with Crippen LogP contribution in [0.4, 0.5) is 0 Å². The summed E-state index contributed by atoms with van der Waals surface area (Å²) in [6.07, 6.45) is 0. The van der Waals surface area contributed by atoms with E-state index in [1.165, 1.54) is 42.4 Å². The van der Waals surface area contributed by atoms with E-state index in [2.05, 4.69) is 97.4 Å². The zero-order chi connectivity index (χ0) is 24.0. The van der Waals surface area contributed by atoms with Gasteiger partial charge in [-0.05, 0) is 93.7 Å². The SMILES string of the molecule is Cc1csc(-c2cc3ccc4c5ccc6c(ccc7cc(-c8cc(C)cs8)oc76)c5ccc4c3o2)c1. The summed E-state index contributed by atoms with van der Waals surface area (Å²) in [6, 6.07) is 26.4. The van der Waals surface area contributed by atoms with Crippen LogP contribution >= 0.6 is 22.7 Å². The second-order valence-corrected chi connectivity index (χ2v) is 11.4. The van der Waals surface area contributed by atoms with E-state index >= 15 is 0 Å². The van der Waals surface area contributed by atoms with Crippen molar-refractivity contribution in [2.24, 2.45) is 0 Å². The highest BCUT2D eigenvalue weighted by Gasteiger charge is 2.15. The Balaban J connectivity index is 1.35. The topological polar surface area (TPSA) is 26.3 Å². The lowest BCUT2D eigenvalue weighted by molar-refractivity contribution is 0.636. The van der Waals surface area contributed by atoms with E-state index in [4.69, 9.17) is 8.83 Å². The van der Waals surface area contributed by atoms with Crippen molar-refractivity contribution in [2.45, 2.75) is 13.8 Å². The lowest BCUT2D eigenvalue weighted by Gasteiger charge is -2.08. The summed E-state index contributed by atoms with van der Waals surface area (Å²) in [6.45, 7) is 4.24. The van der Waals surface area contributed by atoms with Crippen LogP contribution in [0.1, 0.15) is 11.1 Å². The molecule has 0 N–H and O–H groups in total. The number of hydrogen-bond acceptors (Lipinski definition) is 4. The maximum atomic E-state index is 6.42. The van der Waals surface area contributed by atoms with Crippen molar-refractivity contribution >= 4 is 76.9 Å². The van der Waals surface area contributed by atoms with Gasteiger partial charge >= 0.3 is 0 Å². The number of thiophene rings is 2. The minimum atomic E-state index is 0.936. The number of aryl methyl sites for hydroxylation is 2. The van der Waals surface area contributed by atoms with E-state index in [1.807, 2.05) is 0 Å². The lowest BCUT2D eigenvalue weighted by atomic mass is 9.95.